The van der Waals surface area contributed by atoms with E-state index in [0.29, 0.717) is 17.1 Å². The van der Waals surface area contributed by atoms with E-state index in [4.69, 9.17) is 17.3 Å². The Morgan fingerprint density at radius 3 is 2.75 bits per heavy atom. The van der Waals surface area contributed by atoms with E-state index >= 15 is 0 Å². The summed E-state index contributed by atoms with van der Waals surface area (Å²) in [5.41, 5.74) is 6.43. The molecule has 0 heterocycles. The lowest BCUT2D eigenvalue weighted by Crippen LogP contribution is -2.03. The first-order chi connectivity index (χ1) is 7.38. The Hall–Kier alpha value is -0.390. The van der Waals surface area contributed by atoms with Crippen LogP contribution in [0.25, 0.3) is 0 Å². The van der Waals surface area contributed by atoms with Crippen molar-refractivity contribution in [2.75, 3.05) is 23.5 Å². The van der Waals surface area contributed by atoms with E-state index in [9.17, 15) is 8.42 Å². The van der Waals surface area contributed by atoms with Gasteiger partial charge in [-0.3, -0.25) is 0 Å². The number of nitrogens with two attached hydrogens (primary N) is 1. The molecule has 0 atom stereocenters. The van der Waals surface area contributed by atoms with Crippen LogP contribution in [-0.4, -0.2) is 26.2 Å². The molecule has 0 aliphatic rings. The molecule has 0 bridgehead atoms. The summed E-state index contributed by atoms with van der Waals surface area (Å²) < 4.78 is 21.8. The normalized spacial score (nSPS) is 11.6. The zero-order valence-electron chi connectivity index (χ0n) is 8.94. The highest BCUT2D eigenvalue weighted by Crippen LogP contribution is 2.28. The molecule has 1 aromatic rings. The maximum absolute atomic E-state index is 10.9. The predicted octanol–water partition coefficient (Wildman–Crippen LogP) is 2.45. The summed E-state index contributed by atoms with van der Waals surface area (Å²) in [7, 11) is -2.87. The number of hydrogen-bond acceptors (Lipinski definition) is 4. The number of sulfone groups is 1. The number of halogens is 1. The Labute approximate surface area is 105 Å². The number of nitrogen functional groups attached to an aromatic ring is 1. The van der Waals surface area contributed by atoms with Crippen LogP contribution in [0, 0.1) is 0 Å². The summed E-state index contributed by atoms with van der Waals surface area (Å²) in [5, 5.41) is 0.639. The lowest BCUT2D eigenvalue weighted by atomic mass is 10.3. The molecule has 3 nitrogen and oxygen atoms in total. The Balaban J connectivity index is 2.46. The molecule has 16 heavy (non-hydrogen) atoms. The van der Waals surface area contributed by atoms with Gasteiger partial charge in [-0.1, -0.05) is 11.6 Å². The third-order valence-electron chi connectivity index (χ3n) is 1.89. The van der Waals surface area contributed by atoms with Gasteiger partial charge < -0.3 is 5.73 Å². The lowest BCUT2D eigenvalue weighted by Gasteiger charge is -2.05. The highest BCUT2D eigenvalue weighted by atomic mass is 35.5. The molecule has 0 aliphatic carbocycles. The van der Waals surface area contributed by atoms with Crippen LogP contribution in [0.1, 0.15) is 6.42 Å². The second-order valence-corrected chi connectivity index (χ2v) is 7.35. The lowest BCUT2D eigenvalue weighted by molar-refractivity contribution is 0.600. The highest BCUT2D eigenvalue weighted by molar-refractivity contribution is 7.99. The van der Waals surface area contributed by atoms with Gasteiger partial charge >= 0.3 is 0 Å². The quantitative estimate of drug-likeness (QED) is 0.511. The van der Waals surface area contributed by atoms with Crippen molar-refractivity contribution < 1.29 is 8.42 Å². The van der Waals surface area contributed by atoms with E-state index in [1.165, 1.54) is 18.0 Å². The van der Waals surface area contributed by atoms with Crippen LogP contribution in [0.15, 0.2) is 23.1 Å². The van der Waals surface area contributed by atoms with Crippen molar-refractivity contribution in [1.82, 2.24) is 0 Å². The van der Waals surface area contributed by atoms with Crippen LogP contribution in [-0.2, 0) is 9.84 Å². The van der Waals surface area contributed by atoms with Crippen LogP contribution in [0.4, 0.5) is 5.69 Å². The van der Waals surface area contributed by atoms with E-state index in [1.54, 1.807) is 18.2 Å². The van der Waals surface area contributed by atoms with Crippen molar-refractivity contribution in [3.05, 3.63) is 23.2 Å². The van der Waals surface area contributed by atoms with Gasteiger partial charge in [-0.2, -0.15) is 0 Å². The molecule has 1 aromatic carbocycles. The maximum atomic E-state index is 10.9. The minimum Gasteiger partial charge on any atom is -0.398 e. The summed E-state index contributed by atoms with van der Waals surface area (Å²) in [6.07, 6.45) is 1.86. The number of thioether (sulfide) groups is 1. The topological polar surface area (TPSA) is 60.2 Å². The fraction of sp³-hybridized carbons (Fsp3) is 0.400. The zero-order valence-corrected chi connectivity index (χ0v) is 11.3. The average Bonchev–Trinajstić information content (AvgIpc) is 2.16. The van der Waals surface area contributed by atoms with Crippen molar-refractivity contribution in [2.45, 2.75) is 11.3 Å². The SMILES string of the molecule is CS(=O)(=O)CCCSc1cc(Cl)ccc1N. The summed E-state index contributed by atoms with van der Waals surface area (Å²) in [6, 6.07) is 5.28. The molecule has 0 fully saturated rings. The minimum atomic E-state index is -2.87. The van der Waals surface area contributed by atoms with Crippen LogP contribution >= 0.6 is 23.4 Å². The molecule has 0 saturated heterocycles. The minimum absolute atomic E-state index is 0.209. The van der Waals surface area contributed by atoms with E-state index in [-0.39, 0.29) is 5.75 Å². The average molecular weight is 280 g/mol. The standard InChI is InChI=1S/C10H14ClNO2S2/c1-16(13,14)6-2-5-15-10-7-8(11)3-4-9(10)12/h3-4,7H,2,5-6,12H2,1H3. The number of hydrogen-bond donors (Lipinski definition) is 1. The third-order valence-corrected chi connectivity index (χ3v) is 4.32. The van der Waals surface area contributed by atoms with Crippen LogP contribution in [0.3, 0.4) is 0 Å². The van der Waals surface area contributed by atoms with Gasteiger partial charge in [0.05, 0.1) is 5.75 Å². The smallest absolute Gasteiger partial charge is 0.147 e. The van der Waals surface area contributed by atoms with Gasteiger partial charge in [0.2, 0.25) is 0 Å². The van der Waals surface area contributed by atoms with Gasteiger partial charge in [0.1, 0.15) is 9.84 Å². The molecule has 0 aliphatic heterocycles. The molecule has 2 N–H and O–H groups in total. The fourth-order valence-electron chi connectivity index (χ4n) is 1.14. The first-order valence-electron chi connectivity index (χ1n) is 4.74. The van der Waals surface area contributed by atoms with Gasteiger partial charge in [0.15, 0.2) is 0 Å². The second kappa shape index (κ2) is 5.80. The molecule has 0 unspecified atom stereocenters. The highest BCUT2D eigenvalue weighted by Gasteiger charge is 2.04. The van der Waals surface area contributed by atoms with Crippen LogP contribution < -0.4 is 5.73 Å². The molecule has 0 amide bonds. The second-order valence-electron chi connectivity index (χ2n) is 3.51. The van der Waals surface area contributed by atoms with Crippen molar-refractivity contribution in [1.29, 1.82) is 0 Å². The van der Waals surface area contributed by atoms with Gasteiger partial charge in [0, 0.05) is 21.9 Å². The van der Waals surface area contributed by atoms with Gasteiger partial charge in [-0.15, -0.1) is 11.8 Å². The maximum Gasteiger partial charge on any atom is 0.147 e. The van der Waals surface area contributed by atoms with Crippen molar-refractivity contribution in [3.8, 4) is 0 Å². The largest absolute Gasteiger partial charge is 0.398 e. The Morgan fingerprint density at radius 1 is 1.44 bits per heavy atom. The number of benzene rings is 1. The molecule has 90 valence electrons. The van der Waals surface area contributed by atoms with E-state index in [0.717, 1.165) is 10.6 Å². The monoisotopic (exact) mass is 279 g/mol. The summed E-state index contributed by atoms with van der Waals surface area (Å²) >= 11 is 7.37. The van der Waals surface area contributed by atoms with Gasteiger partial charge in [-0.05, 0) is 30.4 Å². The molecular formula is C10H14ClNO2S2. The number of rotatable bonds is 5. The predicted molar refractivity (Wildman–Crippen MR) is 70.9 cm³/mol. The summed E-state index contributed by atoms with van der Waals surface area (Å²) in [6.45, 7) is 0. The molecule has 0 radical (unpaired) electrons. The molecule has 6 heteroatoms. The molecule has 0 saturated carbocycles. The van der Waals surface area contributed by atoms with Crippen molar-refractivity contribution in [3.63, 3.8) is 0 Å². The first-order valence-corrected chi connectivity index (χ1v) is 8.16. The van der Waals surface area contributed by atoms with Crippen molar-refractivity contribution in [2.24, 2.45) is 0 Å². The summed E-state index contributed by atoms with van der Waals surface area (Å²) in [4.78, 5) is 0.904. The Morgan fingerprint density at radius 2 is 2.12 bits per heavy atom. The molecule has 0 aromatic heterocycles. The van der Waals surface area contributed by atoms with Crippen LogP contribution in [0.5, 0.6) is 0 Å². The Kier molecular flexibility index (Phi) is 4.95. The zero-order chi connectivity index (χ0) is 12.2. The van der Waals surface area contributed by atoms with E-state index < -0.39 is 9.84 Å². The number of anilines is 1. The fourth-order valence-corrected chi connectivity index (χ4v) is 3.18. The van der Waals surface area contributed by atoms with Crippen LogP contribution in [0.2, 0.25) is 5.02 Å². The van der Waals surface area contributed by atoms with Crippen molar-refractivity contribution >= 4 is 38.9 Å². The molecule has 1 rings (SSSR count). The molecule has 0 spiro atoms. The van der Waals surface area contributed by atoms with E-state index in [2.05, 4.69) is 0 Å². The van der Waals surface area contributed by atoms with Gasteiger partial charge in [-0.25, -0.2) is 8.42 Å². The first kappa shape index (κ1) is 13.7. The third kappa shape index (κ3) is 5.09. The van der Waals surface area contributed by atoms with E-state index in [1.807, 2.05) is 0 Å². The summed E-state index contributed by atoms with van der Waals surface area (Å²) in [5.74, 6) is 0.929. The van der Waals surface area contributed by atoms with Gasteiger partial charge in [0.25, 0.3) is 0 Å². The molecular weight excluding hydrogens is 266 g/mol. The Bertz CT molecular complexity index is 460.